The van der Waals surface area contributed by atoms with Crippen LogP contribution in [0.1, 0.15) is 23.4 Å². The highest BCUT2D eigenvalue weighted by atomic mass is 19.4. The summed E-state index contributed by atoms with van der Waals surface area (Å²) in [5.74, 6) is 0.651. The zero-order valence-corrected chi connectivity index (χ0v) is 14.4. The largest absolute Gasteiger partial charge is 0.493 e. The molecule has 0 saturated carbocycles. The topological polar surface area (TPSA) is 73.6 Å². The summed E-state index contributed by atoms with van der Waals surface area (Å²) in [4.78, 5) is 15.9. The predicted molar refractivity (Wildman–Crippen MR) is 86.0 cm³/mol. The van der Waals surface area contributed by atoms with Crippen LogP contribution in [0.5, 0.6) is 11.5 Å². The first-order valence-electron chi connectivity index (χ1n) is 7.80. The number of halogens is 3. The van der Waals surface area contributed by atoms with E-state index in [1.807, 2.05) is 0 Å². The number of rotatable bonds is 8. The first kappa shape index (κ1) is 19.6. The van der Waals surface area contributed by atoms with Crippen LogP contribution in [0.3, 0.4) is 0 Å². The van der Waals surface area contributed by atoms with Crippen molar-refractivity contribution in [1.29, 1.82) is 0 Å². The molecule has 0 spiro atoms. The maximum atomic E-state index is 12.2. The number of hydrogen-bond donors (Lipinski definition) is 1. The Balaban J connectivity index is 1.86. The maximum absolute atomic E-state index is 12.2. The van der Waals surface area contributed by atoms with Crippen molar-refractivity contribution in [3.05, 3.63) is 41.6 Å². The van der Waals surface area contributed by atoms with Gasteiger partial charge in [0.15, 0.2) is 24.5 Å². The average Bonchev–Trinajstić information content (AvgIpc) is 3.00. The summed E-state index contributed by atoms with van der Waals surface area (Å²) in [5.41, 5.74) is 1.40. The number of methoxy groups -OCH3 is 1. The summed E-state index contributed by atoms with van der Waals surface area (Å²) in [5, 5.41) is 2.73. The molecule has 26 heavy (non-hydrogen) atoms. The maximum Gasteiger partial charge on any atom is 0.422 e. The standard InChI is InChI=1S/C17H19F3N2O4/c1-11-13(22-10-26-11)8-21-16(23)6-4-12-3-5-14(15(7-12)24-2)25-9-17(18,19)20/h3,5,7,10H,4,6,8-9H2,1-2H3,(H,21,23). The second-order valence-corrected chi connectivity index (χ2v) is 5.52. The molecule has 0 atom stereocenters. The van der Waals surface area contributed by atoms with Crippen molar-refractivity contribution in [3.8, 4) is 11.5 Å². The number of alkyl halides is 3. The predicted octanol–water partition coefficient (Wildman–Crippen LogP) is 3.18. The van der Waals surface area contributed by atoms with Gasteiger partial charge in [-0.1, -0.05) is 6.07 Å². The number of aryl methyl sites for hydroxylation is 2. The fourth-order valence-corrected chi connectivity index (χ4v) is 2.17. The number of ether oxygens (including phenoxy) is 2. The van der Waals surface area contributed by atoms with E-state index in [1.165, 1.54) is 19.6 Å². The molecule has 2 rings (SSSR count). The monoisotopic (exact) mass is 372 g/mol. The molecule has 0 aliphatic heterocycles. The minimum atomic E-state index is -4.43. The molecule has 1 aromatic carbocycles. The minimum absolute atomic E-state index is 0.000432. The van der Waals surface area contributed by atoms with Gasteiger partial charge in [-0.05, 0) is 31.0 Å². The molecule has 0 aliphatic carbocycles. The molecule has 0 saturated heterocycles. The lowest BCUT2D eigenvalue weighted by Gasteiger charge is -2.13. The molecule has 0 bridgehead atoms. The first-order valence-corrected chi connectivity index (χ1v) is 7.80. The molecule has 142 valence electrons. The van der Waals surface area contributed by atoms with E-state index < -0.39 is 12.8 Å². The van der Waals surface area contributed by atoms with Gasteiger partial charge in [-0.2, -0.15) is 13.2 Å². The third-order valence-corrected chi connectivity index (χ3v) is 3.56. The molecule has 0 fully saturated rings. The van der Waals surface area contributed by atoms with Crippen LogP contribution in [0.15, 0.2) is 29.0 Å². The molecule has 2 aromatic rings. The van der Waals surface area contributed by atoms with Crippen LogP contribution >= 0.6 is 0 Å². The van der Waals surface area contributed by atoms with E-state index in [0.717, 1.165) is 5.56 Å². The van der Waals surface area contributed by atoms with Crippen LogP contribution in [0.2, 0.25) is 0 Å². The van der Waals surface area contributed by atoms with Crippen molar-refractivity contribution in [2.75, 3.05) is 13.7 Å². The van der Waals surface area contributed by atoms with Crippen LogP contribution in [-0.2, 0) is 17.8 Å². The summed E-state index contributed by atoms with van der Waals surface area (Å²) < 4.78 is 51.6. The Hall–Kier alpha value is -2.71. The van der Waals surface area contributed by atoms with Crippen LogP contribution in [0, 0.1) is 6.92 Å². The van der Waals surface area contributed by atoms with Crippen LogP contribution < -0.4 is 14.8 Å². The van der Waals surface area contributed by atoms with Crippen molar-refractivity contribution in [2.45, 2.75) is 32.5 Å². The van der Waals surface area contributed by atoms with E-state index >= 15 is 0 Å². The smallest absolute Gasteiger partial charge is 0.422 e. The van der Waals surface area contributed by atoms with Crippen molar-refractivity contribution in [1.82, 2.24) is 10.3 Å². The third-order valence-electron chi connectivity index (χ3n) is 3.56. The highest BCUT2D eigenvalue weighted by Gasteiger charge is 2.29. The number of hydrogen-bond acceptors (Lipinski definition) is 5. The van der Waals surface area contributed by atoms with Gasteiger partial charge in [-0.25, -0.2) is 4.98 Å². The molecule has 9 heteroatoms. The van der Waals surface area contributed by atoms with Crippen molar-refractivity contribution in [3.63, 3.8) is 0 Å². The summed E-state index contributed by atoms with van der Waals surface area (Å²) in [7, 11) is 1.34. The molecule has 6 nitrogen and oxygen atoms in total. The number of nitrogens with zero attached hydrogens (tertiary/aromatic N) is 1. The number of amides is 1. The Kier molecular flexibility index (Phi) is 6.48. The Labute approximate surface area is 148 Å². The molecule has 0 aliphatic rings. The zero-order chi connectivity index (χ0) is 19.2. The number of oxazole rings is 1. The molecule has 0 radical (unpaired) electrons. The molecule has 1 N–H and O–H groups in total. The fraction of sp³-hybridized carbons (Fsp3) is 0.412. The Morgan fingerprint density at radius 3 is 2.69 bits per heavy atom. The van der Waals surface area contributed by atoms with E-state index in [4.69, 9.17) is 13.9 Å². The molecule has 1 heterocycles. The second-order valence-electron chi connectivity index (χ2n) is 5.52. The summed E-state index contributed by atoms with van der Waals surface area (Å²) in [6, 6.07) is 4.56. The zero-order valence-electron chi connectivity index (χ0n) is 14.4. The molecule has 1 aromatic heterocycles. The normalized spacial score (nSPS) is 11.3. The fourth-order valence-electron chi connectivity index (χ4n) is 2.17. The highest BCUT2D eigenvalue weighted by molar-refractivity contribution is 5.76. The Bertz CT molecular complexity index is 744. The summed E-state index contributed by atoms with van der Waals surface area (Å²) in [6.45, 7) is 0.629. The number of benzene rings is 1. The van der Waals surface area contributed by atoms with Gasteiger partial charge < -0.3 is 19.2 Å². The summed E-state index contributed by atoms with van der Waals surface area (Å²) in [6.07, 6.45) is -2.50. The van der Waals surface area contributed by atoms with Gasteiger partial charge in [0.05, 0.1) is 13.7 Å². The van der Waals surface area contributed by atoms with Crippen LogP contribution in [0.25, 0.3) is 0 Å². The Morgan fingerprint density at radius 2 is 2.08 bits per heavy atom. The SMILES string of the molecule is COc1cc(CCC(=O)NCc2ncoc2C)ccc1OCC(F)(F)F. The molecular weight excluding hydrogens is 353 g/mol. The van der Waals surface area contributed by atoms with Crippen molar-refractivity contribution in [2.24, 2.45) is 0 Å². The lowest BCUT2D eigenvalue weighted by atomic mass is 10.1. The molecule has 0 unspecified atom stereocenters. The minimum Gasteiger partial charge on any atom is -0.493 e. The van der Waals surface area contributed by atoms with Crippen molar-refractivity contribution < 1.29 is 31.9 Å². The summed E-state index contributed by atoms with van der Waals surface area (Å²) >= 11 is 0. The third kappa shape index (κ3) is 5.98. The van der Waals surface area contributed by atoms with Gasteiger partial charge in [0.2, 0.25) is 5.91 Å². The van der Waals surface area contributed by atoms with Gasteiger partial charge in [-0.15, -0.1) is 0 Å². The van der Waals surface area contributed by atoms with Crippen molar-refractivity contribution >= 4 is 5.91 Å². The van der Waals surface area contributed by atoms with Crippen LogP contribution in [-0.4, -0.2) is 30.8 Å². The first-order chi connectivity index (χ1) is 12.3. The van der Waals surface area contributed by atoms with Gasteiger partial charge in [-0.3, -0.25) is 4.79 Å². The quantitative estimate of drug-likeness (QED) is 0.770. The van der Waals surface area contributed by atoms with Gasteiger partial charge in [0, 0.05) is 6.42 Å². The van der Waals surface area contributed by atoms with Crippen LogP contribution in [0.4, 0.5) is 13.2 Å². The Morgan fingerprint density at radius 1 is 1.31 bits per heavy atom. The number of aromatic nitrogens is 1. The van der Waals surface area contributed by atoms with Gasteiger partial charge in [0.25, 0.3) is 0 Å². The van der Waals surface area contributed by atoms with E-state index in [-0.39, 0.29) is 30.4 Å². The van der Waals surface area contributed by atoms with Gasteiger partial charge >= 0.3 is 6.18 Å². The molecular formula is C17H19F3N2O4. The van der Waals surface area contributed by atoms with E-state index in [1.54, 1.807) is 19.1 Å². The van der Waals surface area contributed by atoms with E-state index in [0.29, 0.717) is 17.9 Å². The second kappa shape index (κ2) is 8.59. The highest BCUT2D eigenvalue weighted by Crippen LogP contribution is 2.30. The average molecular weight is 372 g/mol. The number of nitrogens with one attached hydrogen (secondary N) is 1. The van der Waals surface area contributed by atoms with E-state index in [2.05, 4.69) is 10.3 Å². The number of carbonyl (C=O) groups excluding carboxylic acids is 1. The lowest BCUT2D eigenvalue weighted by Crippen LogP contribution is -2.23. The molecule has 1 amide bonds. The lowest BCUT2D eigenvalue weighted by molar-refractivity contribution is -0.153. The van der Waals surface area contributed by atoms with Gasteiger partial charge in [0.1, 0.15) is 11.5 Å². The number of carbonyl (C=O) groups is 1. The van der Waals surface area contributed by atoms with E-state index in [9.17, 15) is 18.0 Å².